The standard InChI is InChI=1S/C12H18N2O3/c1-4-12(13-5-7-17-8-6-13)9-10(2)11(3)14(15)16/h4,9H,1,5-8H2,2-3H3/b11-10+,12-9+. The molecule has 0 aromatic heterocycles. The Kier molecular flexibility index (Phi) is 4.90. The van der Waals surface area contributed by atoms with Gasteiger partial charge < -0.3 is 9.64 Å². The topological polar surface area (TPSA) is 55.6 Å². The largest absolute Gasteiger partial charge is 0.378 e. The Morgan fingerprint density at radius 2 is 2.00 bits per heavy atom. The van der Waals surface area contributed by atoms with Crippen LogP contribution in [0.5, 0.6) is 0 Å². The molecule has 0 radical (unpaired) electrons. The van der Waals surface area contributed by atoms with Crippen molar-refractivity contribution in [2.75, 3.05) is 26.3 Å². The van der Waals surface area contributed by atoms with Gasteiger partial charge in [-0.3, -0.25) is 10.1 Å². The summed E-state index contributed by atoms with van der Waals surface area (Å²) in [6.45, 7) is 9.95. The molecule has 0 N–H and O–H groups in total. The fraction of sp³-hybridized carbons (Fsp3) is 0.500. The van der Waals surface area contributed by atoms with E-state index in [9.17, 15) is 10.1 Å². The second kappa shape index (κ2) is 6.20. The highest BCUT2D eigenvalue weighted by atomic mass is 16.6. The van der Waals surface area contributed by atoms with Gasteiger partial charge in [0.1, 0.15) is 0 Å². The summed E-state index contributed by atoms with van der Waals surface area (Å²) >= 11 is 0. The van der Waals surface area contributed by atoms with E-state index in [2.05, 4.69) is 11.5 Å². The van der Waals surface area contributed by atoms with Crippen molar-refractivity contribution in [3.8, 4) is 0 Å². The Balaban J connectivity index is 2.89. The van der Waals surface area contributed by atoms with Crippen molar-refractivity contribution in [1.29, 1.82) is 0 Å². The molecule has 1 aliphatic heterocycles. The fourth-order valence-electron chi connectivity index (χ4n) is 1.57. The molecule has 0 aliphatic carbocycles. The summed E-state index contributed by atoms with van der Waals surface area (Å²) in [6, 6.07) is 0. The van der Waals surface area contributed by atoms with Crippen LogP contribution in [0.25, 0.3) is 0 Å². The number of hydrogen-bond donors (Lipinski definition) is 0. The molecule has 17 heavy (non-hydrogen) atoms. The van der Waals surface area contributed by atoms with Gasteiger partial charge in [0.2, 0.25) is 5.70 Å². The number of ether oxygens (including phenoxy) is 1. The van der Waals surface area contributed by atoms with Crippen LogP contribution in [0.2, 0.25) is 0 Å². The zero-order chi connectivity index (χ0) is 12.8. The number of nitrogens with zero attached hydrogens (tertiary/aromatic N) is 2. The summed E-state index contributed by atoms with van der Waals surface area (Å²) in [5.74, 6) is 0. The lowest BCUT2D eigenvalue weighted by atomic mass is 10.2. The molecular formula is C12H18N2O3. The first-order valence-electron chi connectivity index (χ1n) is 5.55. The van der Waals surface area contributed by atoms with Gasteiger partial charge in [-0.1, -0.05) is 6.58 Å². The van der Waals surface area contributed by atoms with Crippen LogP contribution in [0.3, 0.4) is 0 Å². The first kappa shape index (κ1) is 13.4. The minimum atomic E-state index is -0.369. The van der Waals surface area contributed by atoms with Crippen molar-refractivity contribution >= 4 is 0 Å². The normalized spacial score (nSPS) is 18.7. The number of rotatable bonds is 4. The van der Waals surface area contributed by atoms with Gasteiger partial charge in [-0.25, -0.2) is 0 Å². The van der Waals surface area contributed by atoms with Crippen molar-refractivity contribution < 1.29 is 9.66 Å². The summed E-state index contributed by atoms with van der Waals surface area (Å²) in [5.41, 5.74) is 1.72. The van der Waals surface area contributed by atoms with Gasteiger partial charge in [-0.15, -0.1) is 0 Å². The van der Waals surface area contributed by atoms with Gasteiger partial charge in [-0.05, 0) is 19.1 Å². The molecule has 0 aromatic rings. The van der Waals surface area contributed by atoms with Crippen molar-refractivity contribution in [2.45, 2.75) is 13.8 Å². The molecule has 1 heterocycles. The van der Waals surface area contributed by atoms with Gasteiger partial charge in [-0.2, -0.15) is 0 Å². The van der Waals surface area contributed by atoms with E-state index in [0.29, 0.717) is 18.8 Å². The molecule has 1 aliphatic rings. The number of allylic oxidation sites excluding steroid dienone is 4. The van der Waals surface area contributed by atoms with Crippen LogP contribution in [0.15, 0.2) is 35.7 Å². The lowest BCUT2D eigenvalue weighted by Crippen LogP contribution is -2.35. The van der Waals surface area contributed by atoms with Gasteiger partial charge in [0.15, 0.2) is 0 Å². The summed E-state index contributed by atoms with van der Waals surface area (Å²) in [7, 11) is 0. The van der Waals surface area contributed by atoms with Crippen molar-refractivity contribution in [3.05, 3.63) is 45.8 Å². The van der Waals surface area contributed by atoms with Crippen LogP contribution in [0, 0.1) is 10.1 Å². The predicted molar refractivity (Wildman–Crippen MR) is 66.0 cm³/mol. The molecule has 0 saturated carbocycles. The molecule has 94 valence electrons. The summed E-state index contributed by atoms with van der Waals surface area (Å²) < 4.78 is 5.26. The monoisotopic (exact) mass is 238 g/mol. The predicted octanol–water partition coefficient (Wildman–Crippen LogP) is 1.96. The smallest absolute Gasteiger partial charge is 0.246 e. The van der Waals surface area contributed by atoms with Gasteiger partial charge in [0.05, 0.1) is 18.1 Å². The van der Waals surface area contributed by atoms with E-state index in [1.54, 1.807) is 19.1 Å². The van der Waals surface area contributed by atoms with E-state index in [1.165, 1.54) is 6.92 Å². The quantitative estimate of drug-likeness (QED) is 0.427. The lowest BCUT2D eigenvalue weighted by Gasteiger charge is -2.29. The van der Waals surface area contributed by atoms with Gasteiger partial charge in [0, 0.05) is 31.3 Å². The maximum absolute atomic E-state index is 10.6. The molecule has 5 nitrogen and oxygen atoms in total. The molecule has 5 heteroatoms. The molecule has 1 saturated heterocycles. The average Bonchev–Trinajstić information content (AvgIpc) is 2.35. The molecular weight excluding hydrogens is 220 g/mol. The Hall–Kier alpha value is -1.62. The molecule has 1 fully saturated rings. The molecule has 0 amide bonds. The third kappa shape index (κ3) is 3.71. The molecule has 0 atom stereocenters. The van der Waals surface area contributed by atoms with E-state index >= 15 is 0 Å². The highest BCUT2D eigenvalue weighted by Gasteiger charge is 2.13. The molecule has 0 spiro atoms. The van der Waals surface area contributed by atoms with Crippen LogP contribution in [-0.4, -0.2) is 36.1 Å². The van der Waals surface area contributed by atoms with E-state index in [4.69, 9.17) is 4.74 Å². The molecule has 1 rings (SSSR count). The van der Waals surface area contributed by atoms with Crippen LogP contribution >= 0.6 is 0 Å². The maximum atomic E-state index is 10.6. The first-order chi connectivity index (χ1) is 8.06. The Bertz CT molecular complexity index is 366. The highest BCUT2D eigenvalue weighted by Crippen LogP contribution is 2.14. The van der Waals surface area contributed by atoms with Crippen LogP contribution in [-0.2, 0) is 4.74 Å². The van der Waals surface area contributed by atoms with Crippen molar-refractivity contribution in [3.63, 3.8) is 0 Å². The second-order valence-corrected chi connectivity index (χ2v) is 3.90. The van der Waals surface area contributed by atoms with Crippen LogP contribution in [0.1, 0.15) is 13.8 Å². The Labute approximate surface area is 101 Å². The number of nitro groups is 1. The lowest BCUT2D eigenvalue weighted by molar-refractivity contribution is -0.425. The van der Waals surface area contributed by atoms with E-state index in [-0.39, 0.29) is 10.6 Å². The number of morpholine rings is 1. The van der Waals surface area contributed by atoms with Crippen LogP contribution < -0.4 is 0 Å². The third-order valence-electron chi connectivity index (χ3n) is 2.79. The minimum Gasteiger partial charge on any atom is -0.378 e. The van der Waals surface area contributed by atoms with E-state index in [1.807, 2.05) is 0 Å². The van der Waals surface area contributed by atoms with Gasteiger partial charge in [0.25, 0.3) is 0 Å². The van der Waals surface area contributed by atoms with Crippen molar-refractivity contribution in [2.24, 2.45) is 0 Å². The molecule has 0 bridgehead atoms. The second-order valence-electron chi connectivity index (χ2n) is 3.90. The summed E-state index contributed by atoms with van der Waals surface area (Å²) in [6.07, 6.45) is 3.53. The third-order valence-corrected chi connectivity index (χ3v) is 2.79. The average molecular weight is 238 g/mol. The SMILES string of the molecule is C=C/C(=C\C(C)=C(/C)[N+](=O)[O-])N1CCOCC1. The van der Waals surface area contributed by atoms with Crippen LogP contribution in [0.4, 0.5) is 0 Å². The Morgan fingerprint density at radius 1 is 1.41 bits per heavy atom. The first-order valence-corrected chi connectivity index (χ1v) is 5.55. The van der Waals surface area contributed by atoms with E-state index in [0.717, 1.165) is 18.8 Å². The van der Waals surface area contributed by atoms with Crippen molar-refractivity contribution in [1.82, 2.24) is 4.90 Å². The Morgan fingerprint density at radius 3 is 2.47 bits per heavy atom. The summed E-state index contributed by atoms with van der Waals surface area (Å²) in [5, 5.41) is 10.6. The maximum Gasteiger partial charge on any atom is 0.246 e. The molecule has 0 unspecified atom stereocenters. The molecule has 0 aromatic carbocycles. The zero-order valence-electron chi connectivity index (χ0n) is 10.3. The zero-order valence-corrected chi connectivity index (χ0v) is 10.3. The summed E-state index contributed by atoms with van der Waals surface area (Å²) in [4.78, 5) is 12.4. The van der Waals surface area contributed by atoms with E-state index < -0.39 is 0 Å². The fourth-order valence-corrected chi connectivity index (χ4v) is 1.57. The number of hydrogen-bond acceptors (Lipinski definition) is 4. The minimum absolute atomic E-state index is 0.164. The van der Waals surface area contributed by atoms with Gasteiger partial charge >= 0.3 is 0 Å². The highest BCUT2D eigenvalue weighted by molar-refractivity contribution is 5.28.